The number of benzene rings is 1. The third kappa shape index (κ3) is 2.31. The van der Waals surface area contributed by atoms with Crippen LogP contribution in [0.15, 0.2) is 30.5 Å². The third-order valence-corrected chi connectivity index (χ3v) is 2.59. The van der Waals surface area contributed by atoms with Gasteiger partial charge in [0, 0.05) is 18.1 Å². The summed E-state index contributed by atoms with van der Waals surface area (Å²) in [4.78, 5) is 4.36. The van der Waals surface area contributed by atoms with E-state index in [0.29, 0.717) is 6.54 Å². The summed E-state index contributed by atoms with van der Waals surface area (Å²) in [5.74, 6) is 0.950. The first-order valence-electron chi connectivity index (χ1n) is 5.60. The summed E-state index contributed by atoms with van der Waals surface area (Å²) >= 11 is 0. The highest BCUT2D eigenvalue weighted by atomic mass is 15.0. The molecular weight excluding hydrogens is 198 g/mol. The fourth-order valence-corrected chi connectivity index (χ4v) is 1.75. The van der Waals surface area contributed by atoms with Crippen molar-refractivity contribution < 1.29 is 0 Å². The smallest absolute Gasteiger partial charge is 0.133 e. The molecule has 1 heterocycles. The van der Waals surface area contributed by atoms with Crippen LogP contribution in [0.5, 0.6) is 0 Å². The minimum Gasteiger partial charge on any atom is -0.370 e. The van der Waals surface area contributed by atoms with Gasteiger partial charge in [0.15, 0.2) is 0 Å². The molecule has 0 bridgehead atoms. The van der Waals surface area contributed by atoms with Gasteiger partial charge >= 0.3 is 0 Å². The van der Waals surface area contributed by atoms with Crippen molar-refractivity contribution in [2.24, 2.45) is 5.73 Å². The summed E-state index contributed by atoms with van der Waals surface area (Å²) in [6, 6.07) is 8.43. The highest BCUT2D eigenvalue weighted by molar-refractivity contribution is 5.92. The van der Waals surface area contributed by atoms with Crippen molar-refractivity contribution in [1.82, 2.24) is 4.98 Å². The molecule has 0 atom stereocenters. The molecule has 1 aromatic carbocycles. The lowest BCUT2D eigenvalue weighted by molar-refractivity contribution is 0.871. The van der Waals surface area contributed by atoms with Gasteiger partial charge in [-0.3, -0.25) is 0 Å². The normalized spacial score (nSPS) is 10.6. The van der Waals surface area contributed by atoms with Crippen molar-refractivity contribution in [2.45, 2.75) is 13.3 Å². The van der Waals surface area contributed by atoms with Gasteiger partial charge in [0.1, 0.15) is 5.82 Å². The van der Waals surface area contributed by atoms with Crippen molar-refractivity contribution in [3.63, 3.8) is 0 Å². The van der Waals surface area contributed by atoms with Crippen molar-refractivity contribution in [1.29, 1.82) is 0 Å². The topological polar surface area (TPSA) is 50.9 Å². The lowest BCUT2D eigenvalue weighted by atomic mass is 10.1. The minimum atomic E-state index is 0.705. The molecule has 0 aliphatic rings. The highest BCUT2D eigenvalue weighted by Gasteiger charge is 2.01. The number of anilines is 1. The molecule has 0 saturated heterocycles. The fraction of sp³-hybridized carbons (Fsp3) is 0.308. The van der Waals surface area contributed by atoms with Crippen LogP contribution in [0.2, 0.25) is 0 Å². The number of nitrogens with two attached hydrogens (primary N) is 1. The second kappa shape index (κ2) is 4.94. The van der Waals surface area contributed by atoms with Gasteiger partial charge in [-0.1, -0.05) is 23.8 Å². The summed E-state index contributed by atoms with van der Waals surface area (Å²) in [6.07, 6.45) is 2.80. The summed E-state index contributed by atoms with van der Waals surface area (Å²) in [7, 11) is 0. The molecule has 1 aromatic heterocycles. The zero-order valence-corrected chi connectivity index (χ0v) is 9.53. The Morgan fingerprint density at radius 1 is 1.31 bits per heavy atom. The largest absolute Gasteiger partial charge is 0.370 e. The molecule has 3 heteroatoms. The number of hydrogen-bond donors (Lipinski definition) is 2. The van der Waals surface area contributed by atoms with Gasteiger partial charge in [0.05, 0.1) is 0 Å². The molecule has 3 nitrogen and oxygen atoms in total. The van der Waals surface area contributed by atoms with Gasteiger partial charge in [-0.25, -0.2) is 4.98 Å². The van der Waals surface area contributed by atoms with Crippen molar-refractivity contribution >= 4 is 16.6 Å². The van der Waals surface area contributed by atoms with Crippen LogP contribution in [0.3, 0.4) is 0 Å². The molecule has 16 heavy (non-hydrogen) atoms. The molecule has 0 fully saturated rings. The second-order valence-electron chi connectivity index (χ2n) is 3.95. The van der Waals surface area contributed by atoms with Crippen LogP contribution in [0.4, 0.5) is 5.82 Å². The van der Waals surface area contributed by atoms with E-state index in [1.807, 2.05) is 12.3 Å². The highest BCUT2D eigenvalue weighted by Crippen LogP contribution is 2.21. The maximum atomic E-state index is 5.46. The van der Waals surface area contributed by atoms with E-state index in [2.05, 4.69) is 35.4 Å². The van der Waals surface area contributed by atoms with E-state index in [9.17, 15) is 0 Å². The standard InChI is InChI=1S/C13H17N3/c1-10-3-4-12-11(9-10)5-8-16-13(12)15-7-2-6-14/h3-5,8-9H,2,6-7,14H2,1H3,(H,15,16). The quantitative estimate of drug-likeness (QED) is 0.769. The van der Waals surface area contributed by atoms with E-state index in [1.54, 1.807) is 0 Å². The van der Waals surface area contributed by atoms with Gasteiger partial charge in [-0.05, 0) is 31.3 Å². The Morgan fingerprint density at radius 2 is 2.19 bits per heavy atom. The summed E-state index contributed by atoms with van der Waals surface area (Å²) < 4.78 is 0. The van der Waals surface area contributed by atoms with Gasteiger partial charge < -0.3 is 11.1 Å². The van der Waals surface area contributed by atoms with Crippen LogP contribution in [0, 0.1) is 6.92 Å². The van der Waals surface area contributed by atoms with Crippen LogP contribution in [0.1, 0.15) is 12.0 Å². The van der Waals surface area contributed by atoms with Crippen LogP contribution in [0.25, 0.3) is 10.8 Å². The second-order valence-corrected chi connectivity index (χ2v) is 3.95. The third-order valence-electron chi connectivity index (χ3n) is 2.59. The van der Waals surface area contributed by atoms with E-state index < -0.39 is 0 Å². The van der Waals surface area contributed by atoms with Crippen LogP contribution in [-0.4, -0.2) is 18.1 Å². The molecule has 0 spiro atoms. The molecule has 0 aliphatic carbocycles. The molecule has 3 N–H and O–H groups in total. The monoisotopic (exact) mass is 215 g/mol. The first kappa shape index (κ1) is 10.9. The Morgan fingerprint density at radius 3 is 3.00 bits per heavy atom. The number of fused-ring (bicyclic) bond motifs is 1. The summed E-state index contributed by atoms with van der Waals surface area (Å²) in [5, 5.41) is 5.72. The Hall–Kier alpha value is -1.61. The van der Waals surface area contributed by atoms with Crippen LogP contribution in [-0.2, 0) is 0 Å². The van der Waals surface area contributed by atoms with Crippen molar-refractivity contribution in [2.75, 3.05) is 18.4 Å². The summed E-state index contributed by atoms with van der Waals surface area (Å²) in [5.41, 5.74) is 6.73. The predicted octanol–water partition coefficient (Wildman–Crippen LogP) is 2.30. The van der Waals surface area contributed by atoms with Crippen LogP contribution >= 0.6 is 0 Å². The molecule has 0 saturated carbocycles. The molecular formula is C13H17N3. The number of nitrogens with zero attached hydrogens (tertiary/aromatic N) is 1. The van der Waals surface area contributed by atoms with Crippen molar-refractivity contribution in [3.8, 4) is 0 Å². The Kier molecular flexibility index (Phi) is 3.37. The van der Waals surface area contributed by atoms with E-state index in [4.69, 9.17) is 5.73 Å². The van der Waals surface area contributed by atoms with Gasteiger partial charge in [-0.2, -0.15) is 0 Å². The maximum absolute atomic E-state index is 5.46. The van der Waals surface area contributed by atoms with Gasteiger partial charge in [-0.15, -0.1) is 0 Å². The van der Waals surface area contributed by atoms with E-state index in [0.717, 1.165) is 18.8 Å². The molecule has 0 radical (unpaired) electrons. The average Bonchev–Trinajstić information content (AvgIpc) is 2.29. The number of pyridine rings is 1. The van der Waals surface area contributed by atoms with Gasteiger partial charge in [0.2, 0.25) is 0 Å². The number of rotatable bonds is 4. The average molecular weight is 215 g/mol. The number of aryl methyl sites for hydroxylation is 1. The lowest BCUT2D eigenvalue weighted by Gasteiger charge is -2.08. The fourth-order valence-electron chi connectivity index (χ4n) is 1.75. The van der Waals surface area contributed by atoms with E-state index in [1.165, 1.54) is 16.3 Å². The number of hydrogen-bond acceptors (Lipinski definition) is 3. The SMILES string of the molecule is Cc1ccc2c(NCCCN)nccc2c1. The number of aromatic nitrogens is 1. The molecule has 0 aliphatic heterocycles. The molecule has 0 unspecified atom stereocenters. The molecule has 2 rings (SSSR count). The minimum absolute atomic E-state index is 0.705. The Labute approximate surface area is 95.7 Å². The molecule has 2 aromatic rings. The zero-order chi connectivity index (χ0) is 11.4. The van der Waals surface area contributed by atoms with E-state index >= 15 is 0 Å². The molecule has 84 valence electrons. The predicted molar refractivity (Wildman–Crippen MR) is 68.6 cm³/mol. The zero-order valence-electron chi connectivity index (χ0n) is 9.53. The number of nitrogens with one attached hydrogen (secondary N) is 1. The first-order valence-corrected chi connectivity index (χ1v) is 5.60. The Balaban J connectivity index is 2.30. The van der Waals surface area contributed by atoms with E-state index in [-0.39, 0.29) is 0 Å². The first-order chi connectivity index (χ1) is 7.81. The Bertz CT molecular complexity index is 480. The maximum Gasteiger partial charge on any atom is 0.133 e. The lowest BCUT2D eigenvalue weighted by Crippen LogP contribution is -2.09. The molecule has 0 amide bonds. The van der Waals surface area contributed by atoms with Crippen molar-refractivity contribution in [3.05, 3.63) is 36.0 Å². The van der Waals surface area contributed by atoms with Crippen LogP contribution < -0.4 is 11.1 Å². The van der Waals surface area contributed by atoms with Gasteiger partial charge in [0.25, 0.3) is 0 Å². The summed E-state index contributed by atoms with van der Waals surface area (Å²) in [6.45, 7) is 3.68.